The Morgan fingerprint density at radius 1 is 1.10 bits per heavy atom. The lowest BCUT2D eigenvalue weighted by Crippen LogP contribution is -2.41. The number of benzene rings is 2. The zero-order valence-electron chi connectivity index (χ0n) is 12.0. The van der Waals surface area contributed by atoms with Crippen LogP contribution in [0, 0.1) is 5.92 Å². The van der Waals surface area contributed by atoms with Crippen LogP contribution in [0.4, 0.5) is 0 Å². The first kappa shape index (κ1) is 15.5. The minimum atomic E-state index is -3.76. The number of hydrogen-bond donors (Lipinski definition) is 2. The number of hydrogen-bond acceptors (Lipinski definition) is 3. The van der Waals surface area contributed by atoms with E-state index in [1.54, 1.807) is 12.1 Å². The number of carbonyl (C=O) groups excluding carboxylic acids is 1. The molecule has 0 aliphatic heterocycles. The molecule has 21 heavy (non-hydrogen) atoms. The van der Waals surface area contributed by atoms with Crippen LogP contribution in [-0.4, -0.2) is 14.3 Å². The van der Waals surface area contributed by atoms with E-state index < -0.39 is 10.0 Å². The summed E-state index contributed by atoms with van der Waals surface area (Å²) in [6.07, 6.45) is 0.264. The fraction of sp³-hybridized carbons (Fsp3) is 0.267. The lowest BCUT2D eigenvalue weighted by atomic mass is 10.1. The molecule has 0 fully saturated rings. The highest BCUT2D eigenvalue weighted by Gasteiger charge is 2.15. The molecule has 0 atom stereocenters. The standard InChI is InChI=1S/C15H18N2O3S/c1-11(2)9-15(18)16-17-21(19,20)14-8-7-12-5-3-4-6-13(12)10-14/h3-8,10-11,17H,9H2,1-2H3,(H,16,18). The Morgan fingerprint density at radius 2 is 1.76 bits per heavy atom. The predicted octanol–water partition coefficient (Wildman–Crippen LogP) is 2.20. The number of sulfonamides is 1. The zero-order valence-corrected chi connectivity index (χ0v) is 12.8. The van der Waals surface area contributed by atoms with Gasteiger partial charge in [-0.15, -0.1) is 4.83 Å². The molecule has 2 N–H and O–H groups in total. The molecular formula is C15H18N2O3S. The second-order valence-corrected chi connectivity index (χ2v) is 6.94. The summed E-state index contributed by atoms with van der Waals surface area (Å²) in [5.74, 6) is -0.190. The highest BCUT2D eigenvalue weighted by Crippen LogP contribution is 2.18. The lowest BCUT2D eigenvalue weighted by molar-refractivity contribution is -0.122. The van der Waals surface area contributed by atoms with Crippen molar-refractivity contribution in [2.24, 2.45) is 5.92 Å². The van der Waals surface area contributed by atoms with Crippen molar-refractivity contribution in [3.8, 4) is 0 Å². The van der Waals surface area contributed by atoms with E-state index >= 15 is 0 Å². The highest BCUT2D eigenvalue weighted by molar-refractivity contribution is 7.89. The van der Waals surface area contributed by atoms with Gasteiger partial charge in [-0.1, -0.05) is 44.2 Å². The Labute approximate surface area is 124 Å². The molecule has 2 aromatic carbocycles. The second-order valence-electron chi connectivity index (χ2n) is 5.26. The van der Waals surface area contributed by atoms with Gasteiger partial charge in [0, 0.05) is 6.42 Å². The number of carbonyl (C=O) groups is 1. The molecule has 0 spiro atoms. The number of hydrazine groups is 1. The van der Waals surface area contributed by atoms with Gasteiger partial charge in [0.25, 0.3) is 10.0 Å². The zero-order chi connectivity index (χ0) is 15.5. The Hall–Kier alpha value is -1.92. The van der Waals surface area contributed by atoms with Crippen LogP contribution in [0.25, 0.3) is 10.8 Å². The topological polar surface area (TPSA) is 75.3 Å². The van der Waals surface area contributed by atoms with E-state index in [9.17, 15) is 13.2 Å². The van der Waals surface area contributed by atoms with Crippen molar-refractivity contribution in [2.45, 2.75) is 25.2 Å². The van der Waals surface area contributed by atoms with Crippen LogP contribution in [-0.2, 0) is 14.8 Å². The van der Waals surface area contributed by atoms with Crippen LogP contribution in [0.5, 0.6) is 0 Å². The van der Waals surface area contributed by atoms with E-state index in [0.717, 1.165) is 10.8 Å². The SMILES string of the molecule is CC(C)CC(=O)NNS(=O)(=O)c1ccc2ccccc2c1. The molecule has 0 heterocycles. The first-order valence-electron chi connectivity index (χ1n) is 6.68. The largest absolute Gasteiger partial charge is 0.278 e. The molecule has 0 saturated heterocycles. The van der Waals surface area contributed by atoms with E-state index in [0.29, 0.717) is 0 Å². The summed E-state index contributed by atoms with van der Waals surface area (Å²) in [5, 5.41) is 1.79. The van der Waals surface area contributed by atoms with Gasteiger partial charge in [-0.05, 0) is 28.8 Å². The van der Waals surface area contributed by atoms with Gasteiger partial charge in [0.1, 0.15) is 0 Å². The quantitative estimate of drug-likeness (QED) is 0.832. The van der Waals surface area contributed by atoms with Crippen molar-refractivity contribution in [3.63, 3.8) is 0 Å². The number of nitrogens with one attached hydrogen (secondary N) is 2. The van der Waals surface area contributed by atoms with Crippen LogP contribution in [0.3, 0.4) is 0 Å². The van der Waals surface area contributed by atoms with Gasteiger partial charge in [0.15, 0.2) is 0 Å². The molecule has 0 aliphatic rings. The van der Waals surface area contributed by atoms with Gasteiger partial charge in [0.2, 0.25) is 5.91 Å². The van der Waals surface area contributed by atoms with Crippen LogP contribution >= 0.6 is 0 Å². The molecular weight excluding hydrogens is 288 g/mol. The Balaban J connectivity index is 2.16. The van der Waals surface area contributed by atoms with Crippen molar-refractivity contribution in [2.75, 3.05) is 0 Å². The van der Waals surface area contributed by atoms with Gasteiger partial charge in [-0.25, -0.2) is 8.42 Å². The Bertz CT molecular complexity index is 754. The first-order valence-corrected chi connectivity index (χ1v) is 8.16. The fourth-order valence-electron chi connectivity index (χ4n) is 1.94. The fourth-order valence-corrected chi connectivity index (χ4v) is 2.83. The average molecular weight is 306 g/mol. The summed E-state index contributed by atoms with van der Waals surface area (Å²) in [7, 11) is -3.76. The third-order valence-corrected chi connectivity index (χ3v) is 4.20. The van der Waals surface area contributed by atoms with Crippen LogP contribution in [0.1, 0.15) is 20.3 Å². The molecule has 112 valence electrons. The van der Waals surface area contributed by atoms with Crippen molar-refractivity contribution >= 4 is 26.7 Å². The number of amides is 1. The lowest BCUT2D eigenvalue weighted by Gasteiger charge is -2.10. The van der Waals surface area contributed by atoms with Gasteiger partial charge in [-0.2, -0.15) is 0 Å². The smallest absolute Gasteiger partial charge is 0.257 e. The molecule has 0 aliphatic carbocycles. The summed E-state index contributed by atoms with van der Waals surface area (Å²) in [5.41, 5.74) is 2.22. The maximum absolute atomic E-state index is 12.1. The molecule has 5 nitrogen and oxygen atoms in total. The maximum Gasteiger partial charge on any atom is 0.257 e. The van der Waals surface area contributed by atoms with E-state index in [4.69, 9.17) is 0 Å². The van der Waals surface area contributed by atoms with E-state index in [1.165, 1.54) is 6.07 Å². The van der Waals surface area contributed by atoms with E-state index in [-0.39, 0.29) is 23.1 Å². The van der Waals surface area contributed by atoms with Crippen molar-refractivity contribution in [1.82, 2.24) is 10.3 Å². The van der Waals surface area contributed by atoms with Crippen molar-refractivity contribution in [3.05, 3.63) is 42.5 Å². The molecule has 0 bridgehead atoms. The summed E-state index contributed by atoms with van der Waals surface area (Å²) in [4.78, 5) is 13.7. The van der Waals surface area contributed by atoms with Gasteiger partial charge >= 0.3 is 0 Å². The average Bonchev–Trinajstić information content (AvgIpc) is 2.44. The van der Waals surface area contributed by atoms with Crippen molar-refractivity contribution in [1.29, 1.82) is 0 Å². The molecule has 0 unspecified atom stereocenters. The van der Waals surface area contributed by atoms with E-state index in [1.807, 2.05) is 38.1 Å². The van der Waals surface area contributed by atoms with Crippen molar-refractivity contribution < 1.29 is 13.2 Å². The Kier molecular flexibility index (Phi) is 4.59. The molecule has 6 heteroatoms. The van der Waals surface area contributed by atoms with Gasteiger partial charge < -0.3 is 0 Å². The maximum atomic E-state index is 12.1. The molecule has 0 saturated carbocycles. The third-order valence-electron chi connectivity index (χ3n) is 2.95. The molecule has 0 aromatic heterocycles. The minimum absolute atomic E-state index is 0.117. The van der Waals surface area contributed by atoms with Crippen LogP contribution in [0.2, 0.25) is 0 Å². The predicted molar refractivity (Wildman–Crippen MR) is 81.9 cm³/mol. The van der Waals surface area contributed by atoms with Crippen LogP contribution < -0.4 is 10.3 Å². The normalized spacial score (nSPS) is 11.8. The molecule has 2 aromatic rings. The van der Waals surface area contributed by atoms with Crippen LogP contribution in [0.15, 0.2) is 47.4 Å². The van der Waals surface area contributed by atoms with E-state index in [2.05, 4.69) is 10.3 Å². The molecule has 2 rings (SSSR count). The monoisotopic (exact) mass is 306 g/mol. The van der Waals surface area contributed by atoms with Gasteiger partial charge in [-0.3, -0.25) is 10.2 Å². The highest BCUT2D eigenvalue weighted by atomic mass is 32.2. The molecule has 1 amide bonds. The minimum Gasteiger partial charge on any atom is -0.278 e. The number of fused-ring (bicyclic) bond motifs is 1. The summed E-state index contributed by atoms with van der Waals surface area (Å²) >= 11 is 0. The van der Waals surface area contributed by atoms with Gasteiger partial charge in [0.05, 0.1) is 4.90 Å². The summed E-state index contributed by atoms with van der Waals surface area (Å²) in [6, 6.07) is 12.3. The number of rotatable bonds is 5. The third kappa shape index (κ3) is 4.03. The summed E-state index contributed by atoms with van der Waals surface area (Å²) < 4.78 is 24.3. The second kappa shape index (κ2) is 6.24. The summed E-state index contributed by atoms with van der Waals surface area (Å²) in [6.45, 7) is 3.77. The molecule has 0 radical (unpaired) electrons. The Morgan fingerprint density at radius 3 is 2.43 bits per heavy atom. The first-order chi connectivity index (χ1) is 9.88.